The van der Waals surface area contributed by atoms with E-state index in [2.05, 4.69) is 27.4 Å². The number of thiazole rings is 1. The van der Waals surface area contributed by atoms with Gasteiger partial charge < -0.3 is 20.6 Å². The highest BCUT2D eigenvalue weighted by Crippen LogP contribution is 2.33. The third kappa shape index (κ3) is 6.07. The summed E-state index contributed by atoms with van der Waals surface area (Å²) in [6.07, 6.45) is 6.69. The first-order valence-corrected chi connectivity index (χ1v) is 14.0. The fourth-order valence-electron chi connectivity index (χ4n) is 4.75. The number of aromatic nitrogens is 1. The zero-order valence-corrected chi connectivity index (χ0v) is 22.4. The van der Waals surface area contributed by atoms with Crippen molar-refractivity contribution < 1.29 is 14.7 Å². The maximum atomic E-state index is 13.0. The van der Waals surface area contributed by atoms with Gasteiger partial charge in [-0.2, -0.15) is 0 Å². The molecule has 3 N–H and O–H groups in total. The Kier molecular flexibility index (Phi) is 8.98. The number of anilines is 1. The highest BCUT2D eigenvalue weighted by atomic mass is 35.5. The molecule has 1 aromatic carbocycles. The number of carboxylic acids is 1. The Balaban J connectivity index is 1.47. The van der Waals surface area contributed by atoms with Crippen LogP contribution in [0.4, 0.5) is 5.13 Å². The zero-order chi connectivity index (χ0) is 25.7. The van der Waals surface area contributed by atoms with Gasteiger partial charge in [-0.25, -0.2) is 14.8 Å². The highest BCUT2D eigenvalue weighted by Gasteiger charge is 2.33. The summed E-state index contributed by atoms with van der Waals surface area (Å²) in [4.78, 5) is 35.9. The number of rotatable bonds is 11. The van der Waals surface area contributed by atoms with Gasteiger partial charge in [0.05, 0.1) is 15.8 Å². The van der Waals surface area contributed by atoms with E-state index in [9.17, 15) is 14.7 Å². The van der Waals surface area contributed by atoms with Gasteiger partial charge in [-0.15, -0.1) is 0 Å². The molecule has 1 aromatic heterocycles. The van der Waals surface area contributed by atoms with Crippen molar-refractivity contribution in [1.29, 1.82) is 0 Å². The van der Waals surface area contributed by atoms with Gasteiger partial charge in [0.25, 0.3) is 5.91 Å². The SMILES string of the molecule is CCCCCCN[C@H]1CN(c2nc3cccc(C(=O)O)c3s2)CC[C@H]1NC(=O)C1=NC(Cl)=C(CC)C1. The Labute approximate surface area is 220 Å². The number of fused-ring (bicyclic) bond motifs is 1. The molecular weight excluding hydrogens is 498 g/mol. The van der Waals surface area contributed by atoms with Crippen LogP contribution in [-0.4, -0.2) is 59.4 Å². The minimum absolute atomic E-state index is 0.0337. The second-order valence-corrected chi connectivity index (χ2v) is 10.7. The van der Waals surface area contributed by atoms with Crippen LogP contribution in [0.2, 0.25) is 0 Å². The van der Waals surface area contributed by atoms with Gasteiger partial charge in [0.1, 0.15) is 10.9 Å². The zero-order valence-electron chi connectivity index (χ0n) is 20.8. The third-order valence-electron chi connectivity index (χ3n) is 6.87. The quantitative estimate of drug-likeness (QED) is 0.280. The van der Waals surface area contributed by atoms with E-state index >= 15 is 0 Å². The number of halogens is 1. The van der Waals surface area contributed by atoms with Crippen molar-refractivity contribution in [2.75, 3.05) is 24.5 Å². The van der Waals surface area contributed by atoms with Gasteiger partial charge in [-0.05, 0) is 43.5 Å². The molecule has 1 saturated heterocycles. The molecule has 2 aromatic rings. The molecule has 1 amide bonds. The summed E-state index contributed by atoms with van der Waals surface area (Å²) in [6.45, 7) is 6.48. The average molecular weight is 532 g/mol. The average Bonchev–Trinajstić information content (AvgIpc) is 3.47. The number of amides is 1. The molecule has 194 valence electrons. The number of nitrogens with zero attached hydrogens (tertiary/aromatic N) is 3. The summed E-state index contributed by atoms with van der Waals surface area (Å²) >= 11 is 7.61. The van der Waals surface area contributed by atoms with Crippen molar-refractivity contribution >= 4 is 55.9 Å². The van der Waals surface area contributed by atoms with Gasteiger partial charge in [-0.1, -0.05) is 62.1 Å². The van der Waals surface area contributed by atoms with Crippen LogP contribution in [0.15, 0.2) is 33.9 Å². The Morgan fingerprint density at radius 3 is 2.78 bits per heavy atom. The van der Waals surface area contributed by atoms with E-state index in [0.717, 1.165) is 36.5 Å². The van der Waals surface area contributed by atoms with E-state index < -0.39 is 5.97 Å². The number of carboxylic acid groups (broad SMARTS) is 1. The number of aromatic carboxylic acids is 1. The Morgan fingerprint density at radius 2 is 2.06 bits per heavy atom. The monoisotopic (exact) mass is 531 g/mol. The molecule has 0 saturated carbocycles. The predicted molar refractivity (Wildman–Crippen MR) is 146 cm³/mol. The first-order chi connectivity index (χ1) is 17.4. The summed E-state index contributed by atoms with van der Waals surface area (Å²) in [6, 6.07) is 5.19. The molecule has 36 heavy (non-hydrogen) atoms. The second-order valence-electron chi connectivity index (χ2n) is 9.37. The maximum absolute atomic E-state index is 13.0. The van der Waals surface area contributed by atoms with Crippen LogP contribution in [0, 0.1) is 0 Å². The van der Waals surface area contributed by atoms with Gasteiger partial charge in [-0.3, -0.25) is 4.79 Å². The summed E-state index contributed by atoms with van der Waals surface area (Å²) in [5.74, 6) is -1.10. The summed E-state index contributed by atoms with van der Waals surface area (Å²) in [7, 11) is 0. The molecule has 0 unspecified atom stereocenters. The van der Waals surface area contributed by atoms with E-state index in [1.807, 2.05) is 13.0 Å². The fourth-order valence-corrected chi connectivity index (χ4v) is 6.16. The van der Waals surface area contributed by atoms with Crippen molar-refractivity contribution in [2.24, 2.45) is 4.99 Å². The second kappa shape index (κ2) is 12.2. The van der Waals surface area contributed by atoms with Crippen LogP contribution in [0.25, 0.3) is 10.2 Å². The molecule has 2 atom stereocenters. The van der Waals surface area contributed by atoms with Crippen molar-refractivity contribution in [3.63, 3.8) is 0 Å². The molecule has 0 radical (unpaired) electrons. The predicted octanol–water partition coefficient (Wildman–Crippen LogP) is 4.93. The topological polar surface area (TPSA) is 107 Å². The molecule has 10 heteroatoms. The largest absolute Gasteiger partial charge is 0.478 e. The summed E-state index contributed by atoms with van der Waals surface area (Å²) in [5.41, 5.74) is 2.46. The summed E-state index contributed by atoms with van der Waals surface area (Å²) < 4.78 is 0.690. The molecule has 3 heterocycles. The van der Waals surface area contributed by atoms with Crippen LogP contribution in [0.3, 0.4) is 0 Å². The number of hydrogen-bond donors (Lipinski definition) is 3. The van der Waals surface area contributed by atoms with Gasteiger partial charge >= 0.3 is 5.97 Å². The molecule has 1 fully saturated rings. The minimum atomic E-state index is -0.945. The number of nitrogens with one attached hydrogen (secondary N) is 2. The fraction of sp³-hybridized carbons (Fsp3) is 0.538. The van der Waals surface area contributed by atoms with E-state index in [1.54, 1.807) is 12.1 Å². The number of unbranched alkanes of at least 4 members (excludes halogenated alkanes) is 3. The highest BCUT2D eigenvalue weighted by molar-refractivity contribution is 7.22. The number of hydrogen-bond acceptors (Lipinski definition) is 7. The van der Waals surface area contributed by atoms with Crippen LogP contribution in [0.1, 0.15) is 69.2 Å². The lowest BCUT2D eigenvalue weighted by Crippen LogP contribution is -2.60. The Hall–Kier alpha value is -2.49. The maximum Gasteiger partial charge on any atom is 0.337 e. The molecule has 0 aliphatic carbocycles. The van der Waals surface area contributed by atoms with Crippen molar-refractivity contribution in [3.05, 3.63) is 34.5 Å². The lowest BCUT2D eigenvalue weighted by molar-refractivity contribution is -0.115. The van der Waals surface area contributed by atoms with Crippen LogP contribution < -0.4 is 15.5 Å². The molecular formula is C26H34ClN5O3S. The van der Waals surface area contributed by atoms with E-state index in [1.165, 1.54) is 30.6 Å². The van der Waals surface area contributed by atoms with Crippen LogP contribution >= 0.6 is 22.9 Å². The normalized spacial score (nSPS) is 20.2. The van der Waals surface area contributed by atoms with Crippen molar-refractivity contribution in [3.8, 4) is 0 Å². The molecule has 0 spiro atoms. The van der Waals surface area contributed by atoms with Gasteiger partial charge in [0.15, 0.2) is 5.13 Å². The molecule has 4 rings (SSSR count). The Morgan fingerprint density at radius 1 is 1.22 bits per heavy atom. The summed E-state index contributed by atoms with van der Waals surface area (Å²) in [5, 5.41) is 17.7. The number of carbonyl (C=O) groups is 2. The molecule has 2 aliphatic rings. The Bertz CT molecular complexity index is 1180. The standard InChI is InChI=1S/C26H34ClN5O3S/c1-3-5-6-7-12-28-21-15-32(26-31-19-10-8-9-17(25(34)35)22(19)36-26)13-11-18(21)30-24(33)20-14-16(4-2)23(27)29-20/h8-10,18,21,28H,3-7,11-15H2,1-2H3,(H,30,33)(H,34,35)/t18-,21+/m1/s1. The lowest BCUT2D eigenvalue weighted by atomic mass is 9.98. The van der Waals surface area contributed by atoms with Crippen molar-refractivity contribution in [2.45, 2.75) is 70.9 Å². The van der Waals surface area contributed by atoms with Gasteiger partial charge in [0, 0.05) is 31.6 Å². The lowest BCUT2D eigenvalue weighted by Gasteiger charge is -2.39. The minimum Gasteiger partial charge on any atom is -0.478 e. The number of allylic oxidation sites excluding steroid dienone is 1. The smallest absolute Gasteiger partial charge is 0.337 e. The first kappa shape index (κ1) is 26.6. The number of aliphatic imine (C=N–C) groups is 1. The van der Waals surface area contributed by atoms with E-state index in [-0.39, 0.29) is 23.6 Å². The number of carbonyl (C=O) groups excluding carboxylic acids is 1. The molecule has 8 nitrogen and oxygen atoms in total. The first-order valence-electron chi connectivity index (χ1n) is 12.8. The van der Waals surface area contributed by atoms with Gasteiger partial charge in [0.2, 0.25) is 0 Å². The van der Waals surface area contributed by atoms with Crippen LogP contribution in [0.5, 0.6) is 0 Å². The van der Waals surface area contributed by atoms with E-state index in [4.69, 9.17) is 16.6 Å². The van der Waals surface area contributed by atoms with Crippen LogP contribution in [-0.2, 0) is 4.79 Å². The number of piperidine rings is 1. The third-order valence-corrected chi connectivity index (χ3v) is 8.38. The van der Waals surface area contributed by atoms with E-state index in [0.29, 0.717) is 40.6 Å². The molecule has 0 bridgehead atoms. The molecule has 2 aliphatic heterocycles. The number of benzene rings is 1. The van der Waals surface area contributed by atoms with Crippen molar-refractivity contribution in [1.82, 2.24) is 15.6 Å².